The molecule has 1 atom stereocenters. The molecule has 2 aliphatic heterocycles. The lowest BCUT2D eigenvalue weighted by Crippen LogP contribution is -2.56. The van der Waals surface area contributed by atoms with Gasteiger partial charge in [0.25, 0.3) is 0 Å². The fourth-order valence-corrected chi connectivity index (χ4v) is 5.92. The summed E-state index contributed by atoms with van der Waals surface area (Å²) in [7, 11) is -2.09. The summed E-state index contributed by atoms with van der Waals surface area (Å²) in [4.78, 5) is 15.1. The Labute approximate surface area is 180 Å². The topological polar surface area (TPSA) is 76.2 Å². The molecule has 2 aliphatic rings. The molecule has 0 aromatic heterocycles. The van der Waals surface area contributed by atoms with E-state index in [1.807, 2.05) is 17.0 Å². The molecule has 0 N–H and O–H groups in total. The van der Waals surface area contributed by atoms with Crippen LogP contribution in [0.3, 0.4) is 0 Å². The molecular formula is C22H34N2O5S. The second-order valence-corrected chi connectivity index (χ2v) is 10.4. The van der Waals surface area contributed by atoms with Gasteiger partial charge in [0.15, 0.2) is 0 Å². The molecule has 2 heterocycles. The van der Waals surface area contributed by atoms with Gasteiger partial charge in [0.1, 0.15) is 6.61 Å². The molecule has 0 spiro atoms. The largest absolute Gasteiger partial charge is 0.381 e. The zero-order valence-electron chi connectivity index (χ0n) is 18.2. The van der Waals surface area contributed by atoms with Gasteiger partial charge in [-0.05, 0) is 49.3 Å². The SMILES string of the molecule is COCC(=O)N(C1CCOCC1)C1CCCN(S(=O)(=O)c2ccc(C(C)C)cc2)C1. The first-order valence-electron chi connectivity index (χ1n) is 10.8. The number of piperidine rings is 1. The molecule has 0 aliphatic carbocycles. The number of carbonyl (C=O) groups is 1. The second-order valence-electron chi connectivity index (χ2n) is 8.46. The molecule has 30 heavy (non-hydrogen) atoms. The fraction of sp³-hybridized carbons (Fsp3) is 0.682. The maximum Gasteiger partial charge on any atom is 0.249 e. The van der Waals surface area contributed by atoms with Crippen molar-refractivity contribution in [3.63, 3.8) is 0 Å². The van der Waals surface area contributed by atoms with Crippen molar-refractivity contribution in [1.82, 2.24) is 9.21 Å². The van der Waals surface area contributed by atoms with Crippen LogP contribution in [0.15, 0.2) is 29.2 Å². The Bertz CT molecular complexity index is 803. The smallest absolute Gasteiger partial charge is 0.249 e. The highest BCUT2D eigenvalue weighted by Gasteiger charge is 2.37. The number of ether oxygens (including phenoxy) is 2. The van der Waals surface area contributed by atoms with Crippen molar-refractivity contribution in [3.05, 3.63) is 29.8 Å². The Balaban J connectivity index is 1.79. The molecular weight excluding hydrogens is 404 g/mol. The van der Waals surface area contributed by atoms with Crippen LogP contribution in [0.2, 0.25) is 0 Å². The van der Waals surface area contributed by atoms with Crippen molar-refractivity contribution in [2.45, 2.75) is 62.4 Å². The van der Waals surface area contributed by atoms with Crippen LogP contribution in [0.25, 0.3) is 0 Å². The first kappa shape index (κ1) is 23.2. The lowest BCUT2D eigenvalue weighted by Gasteiger charge is -2.43. The van der Waals surface area contributed by atoms with Crippen molar-refractivity contribution < 1.29 is 22.7 Å². The summed E-state index contributed by atoms with van der Waals surface area (Å²) in [5, 5.41) is 0. The molecule has 1 unspecified atom stereocenters. The summed E-state index contributed by atoms with van der Waals surface area (Å²) in [6.07, 6.45) is 3.07. The minimum Gasteiger partial charge on any atom is -0.381 e. The maximum atomic E-state index is 13.3. The Morgan fingerprint density at radius 1 is 1.17 bits per heavy atom. The number of sulfonamides is 1. The molecule has 3 rings (SSSR count). The normalized spacial score (nSPS) is 21.7. The van der Waals surface area contributed by atoms with Gasteiger partial charge in [-0.1, -0.05) is 26.0 Å². The van der Waals surface area contributed by atoms with Crippen molar-refractivity contribution in [1.29, 1.82) is 0 Å². The highest BCUT2D eigenvalue weighted by molar-refractivity contribution is 7.89. The van der Waals surface area contributed by atoms with E-state index in [1.54, 1.807) is 12.1 Å². The third-order valence-electron chi connectivity index (χ3n) is 6.08. The van der Waals surface area contributed by atoms with Gasteiger partial charge in [-0.25, -0.2) is 8.42 Å². The standard InChI is InChI=1S/C22H34N2O5S/c1-17(2)18-6-8-21(9-7-18)30(26,27)23-12-4-5-20(15-23)24(22(25)16-28-3)19-10-13-29-14-11-19/h6-9,17,19-20H,4-5,10-16H2,1-3H3. The highest BCUT2D eigenvalue weighted by Crippen LogP contribution is 2.27. The average Bonchev–Trinajstić information content (AvgIpc) is 2.75. The number of nitrogens with zero attached hydrogens (tertiary/aromatic N) is 2. The van der Waals surface area contributed by atoms with Crippen LogP contribution in [-0.2, 0) is 24.3 Å². The molecule has 0 bridgehead atoms. The number of methoxy groups -OCH3 is 1. The van der Waals surface area contributed by atoms with Crippen LogP contribution in [0.5, 0.6) is 0 Å². The predicted octanol–water partition coefficient (Wildman–Crippen LogP) is 2.62. The first-order chi connectivity index (χ1) is 14.3. The quantitative estimate of drug-likeness (QED) is 0.654. The monoisotopic (exact) mass is 438 g/mol. The lowest BCUT2D eigenvalue weighted by atomic mass is 9.99. The van der Waals surface area contributed by atoms with E-state index in [4.69, 9.17) is 9.47 Å². The number of hydrogen-bond donors (Lipinski definition) is 0. The van der Waals surface area contributed by atoms with Crippen LogP contribution in [0.1, 0.15) is 51.0 Å². The van der Waals surface area contributed by atoms with Crippen molar-refractivity contribution in [2.24, 2.45) is 0 Å². The minimum absolute atomic E-state index is 0.0112. The van der Waals surface area contributed by atoms with Crippen LogP contribution in [0.4, 0.5) is 0 Å². The fourth-order valence-electron chi connectivity index (χ4n) is 4.41. The molecule has 1 amide bonds. The summed E-state index contributed by atoms with van der Waals surface area (Å²) in [5.74, 6) is 0.274. The molecule has 2 fully saturated rings. The zero-order valence-corrected chi connectivity index (χ0v) is 19.1. The Morgan fingerprint density at radius 3 is 2.43 bits per heavy atom. The molecule has 8 heteroatoms. The predicted molar refractivity (Wildman–Crippen MR) is 115 cm³/mol. The van der Waals surface area contributed by atoms with E-state index in [9.17, 15) is 13.2 Å². The summed E-state index contributed by atoms with van der Waals surface area (Å²) >= 11 is 0. The summed E-state index contributed by atoms with van der Waals surface area (Å²) in [6, 6.07) is 7.08. The number of hydrogen-bond acceptors (Lipinski definition) is 5. The third kappa shape index (κ3) is 5.22. The first-order valence-corrected chi connectivity index (χ1v) is 12.3. The second kappa shape index (κ2) is 10.2. The Morgan fingerprint density at radius 2 is 1.83 bits per heavy atom. The molecule has 1 aromatic rings. The minimum atomic E-state index is -3.60. The summed E-state index contributed by atoms with van der Waals surface area (Å²) in [6.45, 7) is 6.22. The van der Waals surface area contributed by atoms with Crippen LogP contribution in [0, 0.1) is 0 Å². The molecule has 1 aromatic carbocycles. The summed E-state index contributed by atoms with van der Waals surface area (Å²) < 4.78 is 38.7. The number of benzene rings is 1. The van der Waals surface area contributed by atoms with Gasteiger partial charge < -0.3 is 14.4 Å². The maximum absolute atomic E-state index is 13.3. The van der Waals surface area contributed by atoms with Gasteiger partial charge in [0.05, 0.1) is 4.90 Å². The van der Waals surface area contributed by atoms with Crippen LogP contribution >= 0.6 is 0 Å². The van der Waals surface area contributed by atoms with E-state index in [0.29, 0.717) is 37.1 Å². The van der Waals surface area contributed by atoms with Crippen LogP contribution < -0.4 is 0 Å². The van der Waals surface area contributed by atoms with Crippen molar-refractivity contribution in [2.75, 3.05) is 40.0 Å². The van der Waals surface area contributed by atoms with Gasteiger partial charge in [-0.15, -0.1) is 0 Å². The lowest BCUT2D eigenvalue weighted by molar-refractivity contribution is -0.143. The van der Waals surface area contributed by atoms with E-state index in [0.717, 1.165) is 31.2 Å². The van der Waals surface area contributed by atoms with E-state index in [1.165, 1.54) is 11.4 Å². The third-order valence-corrected chi connectivity index (χ3v) is 7.96. The Hall–Kier alpha value is -1.48. The molecule has 0 saturated carbocycles. The number of amides is 1. The van der Waals surface area contributed by atoms with E-state index < -0.39 is 10.0 Å². The van der Waals surface area contributed by atoms with Gasteiger partial charge in [0.2, 0.25) is 15.9 Å². The molecule has 168 valence electrons. The van der Waals surface area contributed by atoms with E-state index in [-0.39, 0.29) is 24.6 Å². The number of rotatable bonds is 7. The average molecular weight is 439 g/mol. The molecule has 2 saturated heterocycles. The van der Waals surface area contributed by atoms with Crippen LogP contribution in [-0.4, -0.2) is 75.6 Å². The Kier molecular flexibility index (Phi) is 7.90. The van der Waals surface area contributed by atoms with E-state index >= 15 is 0 Å². The van der Waals surface area contributed by atoms with Gasteiger partial charge in [-0.2, -0.15) is 4.31 Å². The molecule has 0 radical (unpaired) electrons. The number of carbonyl (C=O) groups excluding carboxylic acids is 1. The summed E-state index contributed by atoms with van der Waals surface area (Å²) in [5.41, 5.74) is 1.11. The van der Waals surface area contributed by atoms with Crippen molar-refractivity contribution >= 4 is 15.9 Å². The van der Waals surface area contributed by atoms with Crippen molar-refractivity contribution in [3.8, 4) is 0 Å². The van der Waals surface area contributed by atoms with E-state index in [2.05, 4.69) is 13.8 Å². The van der Waals surface area contributed by atoms with Gasteiger partial charge in [0, 0.05) is 45.5 Å². The zero-order chi connectivity index (χ0) is 21.7. The highest BCUT2D eigenvalue weighted by atomic mass is 32.2. The molecule has 7 nitrogen and oxygen atoms in total. The van der Waals surface area contributed by atoms with Gasteiger partial charge >= 0.3 is 0 Å². The van der Waals surface area contributed by atoms with Gasteiger partial charge in [-0.3, -0.25) is 4.79 Å².